The van der Waals surface area contributed by atoms with E-state index in [1.54, 1.807) is 0 Å². The Morgan fingerprint density at radius 2 is 2.00 bits per heavy atom. The second-order valence-corrected chi connectivity index (χ2v) is 7.34. The molecule has 1 saturated heterocycles. The first-order chi connectivity index (χ1) is 10.5. The third kappa shape index (κ3) is 4.74. The van der Waals surface area contributed by atoms with Crippen LogP contribution in [0, 0.1) is 5.82 Å². The molecule has 1 aliphatic rings. The maximum Gasteiger partial charge on any atom is 0.240 e. The highest BCUT2D eigenvalue weighted by molar-refractivity contribution is 7.89. The number of benzene rings is 1. The topological polar surface area (TPSA) is 69.6 Å². The zero-order valence-corrected chi connectivity index (χ0v) is 13.4. The van der Waals surface area contributed by atoms with Crippen LogP contribution in [-0.2, 0) is 10.0 Å². The summed E-state index contributed by atoms with van der Waals surface area (Å²) in [6, 6.07) is 5.05. The molecule has 1 aliphatic heterocycles. The molecule has 1 atom stereocenters. The fraction of sp³-hybridized carbons (Fsp3) is 0.600. The van der Waals surface area contributed by atoms with Gasteiger partial charge >= 0.3 is 0 Å². The largest absolute Gasteiger partial charge is 0.395 e. The fourth-order valence-corrected chi connectivity index (χ4v) is 3.81. The Labute approximate surface area is 131 Å². The van der Waals surface area contributed by atoms with Crippen LogP contribution in [-0.4, -0.2) is 50.7 Å². The van der Waals surface area contributed by atoms with Gasteiger partial charge in [-0.1, -0.05) is 0 Å². The van der Waals surface area contributed by atoms with Crippen molar-refractivity contribution >= 4 is 10.0 Å². The highest BCUT2D eigenvalue weighted by Gasteiger charge is 2.22. The molecule has 0 radical (unpaired) electrons. The number of nitrogens with one attached hydrogen (secondary N) is 1. The number of likely N-dealkylation sites (tertiary alicyclic amines) is 1. The first kappa shape index (κ1) is 17.3. The van der Waals surface area contributed by atoms with Crippen LogP contribution in [0.4, 0.5) is 4.39 Å². The van der Waals surface area contributed by atoms with E-state index in [0.29, 0.717) is 6.54 Å². The van der Waals surface area contributed by atoms with E-state index in [1.807, 2.05) is 0 Å². The molecule has 2 rings (SSSR count). The molecule has 124 valence electrons. The lowest BCUT2D eigenvalue weighted by Crippen LogP contribution is -2.33. The van der Waals surface area contributed by atoms with Crippen molar-refractivity contribution in [2.24, 2.45) is 0 Å². The van der Waals surface area contributed by atoms with Gasteiger partial charge in [-0.25, -0.2) is 17.5 Å². The number of hydrogen-bond donors (Lipinski definition) is 2. The number of hydrogen-bond acceptors (Lipinski definition) is 4. The molecule has 0 amide bonds. The van der Waals surface area contributed by atoms with Gasteiger partial charge < -0.3 is 5.11 Å². The number of aliphatic hydroxyl groups excluding tert-OH is 1. The molecule has 5 nitrogen and oxygen atoms in total. The number of aliphatic hydroxyl groups is 1. The lowest BCUT2D eigenvalue weighted by atomic mass is 10.2. The quantitative estimate of drug-likeness (QED) is 0.706. The van der Waals surface area contributed by atoms with Crippen molar-refractivity contribution in [1.29, 1.82) is 0 Å². The Balaban J connectivity index is 1.71. The van der Waals surface area contributed by atoms with Gasteiger partial charge in [0.25, 0.3) is 0 Å². The van der Waals surface area contributed by atoms with Crippen molar-refractivity contribution in [2.45, 2.75) is 36.6 Å². The number of rotatable bonds is 8. The number of unbranched alkanes of at least 4 members (excludes halogenated alkanes) is 1. The van der Waals surface area contributed by atoms with Crippen LogP contribution >= 0.6 is 0 Å². The van der Waals surface area contributed by atoms with Crippen LogP contribution in [0.1, 0.15) is 25.7 Å². The van der Waals surface area contributed by atoms with Crippen LogP contribution in [0.15, 0.2) is 29.2 Å². The average Bonchev–Trinajstić information content (AvgIpc) is 2.94. The lowest BCUT2D eigenvalue weighted by molar-refractivity contribution is 0.157. The van der Waals surface area contributed by atoms with Gasteiger partial charge in [-0.3, -0.25) is 4.90 Å². The van der Waals surface area contributed by atoms with E-state index >= 15 is 0 Å². The number of sulfonamides is 1. The van der Waals surface area contributed by atoms with Gasteiger partial charge in [-0.15, -0.1) is 0 Å². The predicted octanol–water partition coefficient (Wildman–Crippen LogP) is 1.34. The van der Waals surface area contributed by atoms with Crippen molar-refractivity contribution < 1.29 is 17.9 Å². The molecular formula is C15H23FN2O3S. The molecule has 22 heavy (non-hydrogen) atoms. The summed E-state index contributed by atoms with van der Waals surface area (Å²) in [7, 11) is -3.56. The van der Waals surface area contributed by atoms with E-state index < -0.39 is 15.8 Å². The molecule has 0 bridgehead atoms. The third-order valence-electron chi connectivity index (χ3n) is 4.00. The van der Waals surface area contributed by atoms with Crippen molar-refractivity contribution in [3.63, 3.8) is 0 Å². The smallest absolute Gasteiger partial charge is 0.240 e. The monoisotopic (exact) mass is 330 g/mol. The second-order valence-electron chi connectivity index (χ2n) is 5.57. The molecule has 1 aromatic rings. The molecule has 1 heterocycles. The minimum Gasteiger partial charge on any atom is -0.395 e. The van der Waals surface area contributed by atoms with E-state index in [1.165, 1.54) is 12.1 Å². The highest BCUT2D eigenvalue weighted by atomic mass is 32.2. The van der Waals surface area contributed by atoms with Gasteiger partial charge in [0, 0.05) is 12.6 Å². The van der Waals surface area contributed by atoms with Gasteiger partial charge in [0.2, 0.25) is 10.0 Å². The van der Waals surface area contributed by atoms with Crippen LogP contribution in [0.25, 0.3) is 0 Å². The fourth-order valence-electron chi connectivity index (χ4n) is 2.74. The number of nitrogens with zero attached hydrogens (tertiary/aromatic N) is 1. The minimum atomic E-state index is -3.56. The Morgan fingerprint density at radius 1 is 1.27 bits per heavy atom. The standard InChI is InChI=1S/C15H23FN2O3S/c16-13-5-7-15(8-6-13)22(20,21)17-9-1-2-10-18-11-3-4-14(18)12-19/h5-8,14,17,19H,1-4,9-12H2. The van der Waals surface area contributed by atoms with Crippen LogP contribution in [0.2, 0.25) is 0 Å². The van der Waals surface area contributed by atoms with E-state index in [4.69, 9.17) is 0 Å². The molecule has 7 heteroatoms. The van der Waals surface area contributed by atoms with E-state index in [-0.39, 0.29) is 17.5 Å². The van der Waals surface area contributed by atoms with Crippen LogP contribution in [0.3, 0.4) is 0 Å². The summed E-state index contributed by atoms with van der Waals surface area (Å²) in [6.07, 6.45) is 3.76. The molecule has 0 aliphatic carbocycles. The normalized spacial score (nSPS) is 19.6. The number of halogens is 1. The molecule has 1 fully saturated rings. The Hall–Kier alpha value is -1.02. The highest BCUT2D eigenvalue weighted by Crippen LogP contribution is 2.17. The maximum absolute atomic E-state index is 12.8. The predicted molar refractivity (Wildman–Crippen MR) is 82.5 cm³/mol. The van der Waals surface area contributed by atoms with E-state index in [9.17, 15) is 17.9 Å². The molecule has 0 saturated carbocycles. The summed E-state index contributed by atoms with van der Waals surface area (Å²) in [6.45, 7) is 2.44. The van der Waals surface area contributed by atoms with Crippen molar-refractivity contribution in [3.8, 4) is 0 Å². The molecule has 2 N–H and O–H groups in total. The Kier molecular flexibility index (Phi) is 6.31. The summed E-state index contributed by atoms with van der Waals surface area (Å²) in [5.41, 5.74) is 0. The summed E-state index contributed by atoms with van der Waals surface area (Å²) in [5, 5.41) is 9.23. The molecule has 0 aromatic heterocycles. The zero-order valence-electron chi connectivity index (χ0n) is 12.5. The first-order valence-electron chi connectivity index (χ1n) is 7.63. The second kappa shape index (κ2) is 8.01. The summed E-state index contributed by atoms with van der Waals surface area (Å²) < 4.78 is 39.3. The van der Waals surface area contributed by atoms with Crippen LogP contribution in [0.5, 0.6) is 0 Å². The zero-order chi connectivity index (χ0) is 16.0. The maximum atomic E-state index is 12.8. The van der Waals surface area contributed by atoms with Gasteiger partial charge in [-0.05, 0) is 63.0 Å². The SMILES string of the molecule is O=S(=O)(NCCCCN1CCCC1CO)c1ccc(F)cc1. The average molecular weight is 330 g/mol. The molecule has 1 aromatic carbocycles. The Bertz CT molecular complexity index is 563. The summed E-state index contributed by atoms with van der Waals surface area (Å²) in [5.74, 6) is -0.456. The summed E-state index contributed by atoms with van der Waals surface area (Å²) in [4.78, 5) is 2.34. The van der Waals surface area contributed by atoms with Crippen molar-refractivity contribution in [1.82, 2.24) is 9.62 Å². The van der Waals surface area contributed by atoms with Crippen LogP contribution < -0.4 is 4.72 Å². The first-order valence-corrected chi connectivity index (χ1v) is 9.11. The Morgan fingerprint density at radius 3 is 2.68 bits per heavy atom. The van der Waals surface area contributed by atoms with Gasteiger partial charge in [-0.2, -0.15) is 0 Å². The molecule has 1 unspecified atom stereocenters. The van der Waals surface area contributed by atoms with Gasteiger partial charge in [0.05, 0.1) is 11.5 Å². The van der Waals surface area contributed by atoms with Gasteiger partial charge in [0.1, 0.15) is 5.82 Å². The van der Waals surface area contributed by atoms with Crippen molar-refractivity contribution in [3.05, 3.63) is 30.1 Å². The van der Waals surface area contributed by atoms with E-state index in [2.05, 4.69) is 9.62 Å². The van der Waals surface area contributed by atoms with Gasteiger partial charge in [0.15, 0.2) is 0 Å². The molecular weight excluding hydrogens is 307 g/mol. The minimum absolute atomic E-state index is 0.0776. The lowest BCUT2D eigenvalue weighted by Gasteiger charge is -2.22. The summed E-state index contributed by atoms with van der Waals surface area (Å²) >= 11 is 0. The van der Waals surface area contributed by atoms with Crippen molar-refractivity contribution in [2.75, 3.05) is 26.2 Å². The third-order valence-corrected chi connectivity index (χ3v) is 5.47. The van der Waals surface area contributed by atoms with E-state index in [0.717, 1.165) is 50.9 Å². The molecule has 0 spiro atoms.